The van der Waals surface area contributed by atoms with Gasteiger partial charge in [0.05, 0.1) is 10.0 Å². The fourth-order valence-electron chi connectivity index (χ4n) is 4.45. The summed E-state index contributed by atoms with van der Waals surface area (Å²) in [6, 6.07) is 13.7. The number of halogens is 2. The zero-order valence-corrected chi connectivity index (χ0v) is 17.9. The first-order chi connectivity index (χ1) is 14.1. The summed E-state index contributed by atoms with van der Waals surface area (Å²) in [6.07, 6.45) is 5.43. The van der Waals surface area contributed by atoms with Gasteiger partial charge in [-0.3, -0.25) is 0 Å². The van der Waals surface area contributed by atoms with Crippen LogP contribution in [0.2, 0.25) is 10.0 Å². The van der Waals surface area contributed by atoms with E-state index in [2.05, 4.69) is 5.32 Å². The van der Waals surface area contributed by atoms with Crippen LogP contribution in [0.4, 0.5) is 10.5 Å². The molecule has 2 aliphatic rings. The molecule has 2 aromatic rings. The molecular weight excluding hydrogens is 407 g/mol. The quantitative estimate of drug-likeness (QED) is 0.603. The predicted octanol–water partition coefficient (Wildman–Crippen LogP) is 6.47. The lowest BCUT2D eigenvalue weighted by Crippen LogP contribution is -2.50. The van der Waals surface area contributed by atoms with Crippen LogP contribution in [-0.2, 0) is 4.74 Å². The Balaban J connectivity index is 1.49. The first-order valence-corrected chi connectivity index (χ1v) is 11.1. The maximum absolute atomic E-state index is 13.1. The highest BCUT2D eigenvalue weighted by atomic mass is 35.5. The lowest BCUT2D eigenvalue weighted by Gasteiger charge is -2.41. The number of anilines is 1. The van der Waals surface area contributed by atoms with Crippen LogP contribution in [0.1, 0.15) is 32.1 Å². The Morgan fingerprint density at radius 1 is 0.966 bits per heavy atom. The third-order valence-corrected chi connectivity index (χ3v) is 6.73. The average molecular weight is 433 g/mol. The van der Waals surface area contributed by atoms with E-state index in [9.17, 15) is 4.79 Å². The van der Waals surface area contributed by atoms with Crippen LogP contribution >= 0.6 is 23.2 Å². The van der Waals surface area contributed by atoms with E-state index in [1.165, 1.54) is 6.42 Å². The molecule has 29 heavy (non-hydrogen) atoms. The second-order valence-electron chi connectivity index (χ2n) is 7.85. The Morgan fingerprint density at radius 3 is 2.55 bits per heavy atom. The second-order valence-corrected chi connectivity index (χ2v) is 8.66. The number of nitrogens with one attached hydrogen (secondary N) is 1. The maximum atomic E-state index is 13.1. The normalized spacial score (nSPS) is 20.5. The van der Waals surface area contributed by atoms with Crippen molar-refractivity contribution in [2.24, 2.45) is 5.92 Å². The van der Waals surface area contributed by atoms with Gasteiger partial charge in [-0.05, 0) is 73.4 Å². The number of likely N-dealkylation sites (tertiary alicyclic amines) is 1. The van der Waals surface area contributed by atoms with Crippen molar-refractivity contribution in [1.29, 1.82) is 0 Å². The molecule has 2 heterocycles. The fraction of sp³-hybridized carbons (Fsp3) is 0.435. The molecule has 1 N–H and O–H groups in total. The molecule has 0 aliphatic carbocycles. The standard InChI is InChI=1S/C23H26Cl2N2O2/c24-20-8-7-18(15-21(20)25)17-4-3-5-19(14-17)26-23(28)27-11-2-1-6-22(27)16-9-12-29-13-10-16/h3-5,7-8,14-16,22H,1-2,6,9-13H2,(H,26,28). The van der Waals surface area contributed by atoms with Crippen molar-refractivity contribution >= 4 is 34.9 Å². The van der Waals surface area contributed by atoms with Crippen LogP contribution in [0.15, 0.2) is 42.5 Å². The Morgan fingerprint density at radius 2 is 1.76 bits per heavy atom. The van der Waals surface area contributed by atoms with Crippen LogP contribution in [0.25, 0.3) is 11.1 Å². The zero-order valence-electron chi connectivity index (χ0n) is 16.4. The van der Waals surface area contributed by atoms with E-state index in [1.54, 1.807) is 6.07 Å². The van der Waals surface area contributed by atoms with Gasteiger partial charge in [0.2, 0.25) is 0 Å². The van der Waals surface area contributed by atoms with Gasteiger partial charge in [-0.1, -0.05) is 41.4 Å². The molecule has 2 aliphatic heterocycles. The van der Waals surface area contributed by atoms with E-state index in [0.29, 0.717) is 22.0 Å². The van der Waals surface area contributed by atoms with Crippen molar-refractivity contribution in [3.8, 4) is 11.1 Å². The van der Waals surface area contributed by atoms with Gasteiger partial charge in [0.25, 0.3) is 0 Å². The summed E-state index contributed by atoms with van der Waals surface area (Å²) in [5.74, 6) is 0.539. The molecule has 2 amide bonds. The van der Waals surface area contributed by atoms with E-state index in [-0.39, 0.29) is 6.03 Å². The third-order valence-electron chi connectivity index (χ3n) is 5.99. The molecule has 0 aromatic heterocycles. The van der Waals surface area contributed by atoms with Gasteiger partial charge < -0.3 is 15.0 Å². The Kier molecular flexibility index (Phi) is 6.63. The highest BCUT2D eigenvalue weighted by Crippen LogP contribution is 2.32. The summed E-state index contributed by atoms with van der Waals surface area (Å²) in [5, 5.41) is 4.16. The molecule has 2 aromatic carbocycles. The van der Waals surface area contributed by atoms with E-state index >= 15 is 0 Å². The van der Waals surface area contributed by atoms with Crippen molar-refractivity contribution in [3.05, 3.63) is 52.5 Å². The van der Waals surface area contributed by atoms with Gasteiger partial charge in [0, 0.05) is 31.5 Å². The molecular formula is C23H26Cl2N2O2. The highest BCUT2D eigenvalue weighted by Gasteiger charge is 2.33. The van der Waals surface area contributed by atoms with Gasteiger partial charge in [-0.2, -0.15) is 0 Å². The summed E-state index contributed by atoms with van der Waals surface area (Å²) < 4.78 is 5.52. The number of nitrogens with zero attached hydrogens (tertiary/aromatic N) is 1. The molecule has 6 heteroatoms. The zero-order chi connectivity index (χ0) is 20.2. The number of hydrogen-bond donors (Lipinski definition) is 1. The number of hydrogen-bond acceptors (Lipinski definition) is 2. The van der Waals surface area contributed by atoms with Gasteiger partial charge in [-0.15, -0.1) is 0 Å². The summed E-state index contributed by atoms with van der Waals surface area (Å²) in [5.41, 5.74) is 2.74. The summed E-state index contributed by atoms with van der Waals surface area (Å²) in [6.45, 7) is 2.44. The molecule has 2 fully saturated rings. The van der Waals surface area contributed by atoms with Gasteiger partial charge in [0.15, 0.2) is 0 Å². The summed E-state index contributed by atoms with van der Waals surface area (Å²) >= 11 is 12.2. The van der Waals surface area contributed by atoms with Crippen LogP contribution in [0.5, 0.6) is 0 Å². The second kappa shape index (κ2) is 9.38. The van der Waals surface area contributed by atoms with Gasteiger partial charge >= 0.3 is 6.03 Å². The van der Waals surface area contributed by atoms with Crippen molar-refractivity contribution in [2.75, 3.05) is 25.1 Å². The topological polar surface area (TPSA) is 41.6 Å². The minimum Gasteiger partial charge on any atom is -0.381 e. The first kappa shape index (κ1) is 20.5. The van der Waals surface area contributed by atoms with Gasteiger partial charge in [-0.25, -0.2) is 4.79 Å². The lowest BCUT2D eigenvalue weighted by atomic mass is 9.85. The average Bonchev–Trinajstić information content (AvgIpc) is 2.76. The van der Waals surface area contributed by atoms with E-state index < -0.39 is 0 Å². The van der Waals surface area contributed by atoms with E-state index in [1.807, 2.05) is 41.3 Å². The minimum atomic E-state index is -0.00696. The van der Waals surface area contributed by atoms with Crippen molar-refractivity contribution < 1.29 is 9.53 Å². The Labute approximate surface area is 182 Å². The van der Waals surface area contributed by atoms with Crippen LogP contribution in [-0.4, -0.2) is 36.7 Å². The van der Waals surface area contributed by atoms with Crippen molar-refractivity contribution in [2.45, 2.75) is 38.1 Å². The first-order valence-electron chi connectivity index (χ1n) is 10.3. The number of carbonyl (C=O) groups excluding carboxylic acids is 1. The number of ether oxygens (including phenoxy) is 1. The van der Waals surface area contributed by atoms with Crippen LogP contribution in [0.3, 0.4) is 0 Å². The molecule has 1 unspecified atom stereocenters. The highest BCUT2D eigenvalue weighted by molar-refractivity contribution is 6.42. The lowest BCUT2D eigenvalue weighted by molar-refractivity contribution is 0.0261. The number of rotatable bonds is 3. The minimum absolute atomic E-state index is 0.00696. The molecule has 1 atom stereocenters. The SMILES string of the molecule is O=C(Nc1cccc(-c2ccc(Cl)c(Cl)c2)c1)N1CCCCC1C1CCOCC1. The molecule has 4 nitrogen and oxygen atoms in total. The number of benzene rings is 2. The fourth-order valence-corrected chi connectivity index (χ4v) is 4.75. The van der Waals surface area contributed by atoms with Crippen molar-refractivity contribution in [3.63, 3.8) is 0 Å². The Hall–Kier alpha value is -1.75. The molecule has 0 bridgehead atoms. The smallest absolute Gasteiger partial charge is 0.322 e. The monoisotopic (exact) mass is 432 g/mol. The van der Waals surface area contributed by atoms with Gasteiger partial charge in [0.1, 0.15) is 0 Å². The Bertz CT molecular complexity index is 868. The molecule has 0 radical (unpaired) electrons. The summed E-state index contributed by atoms with van der Waals surface area (Å²) in [7, 11) is 0. The summed E-state index contributed by atoms with van der Waals surface area (Å²) in [4.78, 5) is 15.2. The van der Waals surface area contributed by atoms with E-state index in [0.717, 1.165) is 62.3 Å². The predicted molar refractivity (Wildman–Crippen MR) is 119 cm³/mol. The van der Waals surface area contributed by atoms with Crippen molar-refractivity contribution in [1.82, 2.24) is 4.90 Å². The molecule has 0 saturated carbocycles. The maximum Gasteiger partial charge on any atom is 0.322 e. The van der Waals surface area contributed by atoms with Crippen LogP contribution < -0.4 is 5.32 Å². The number of carbonyl (C=O) groups is 1. The largest absolute Gasteiger partial charge is 0.381 e. The molecule has 2 saturated heterocycles. The molecule has 4 rings (SSSR count). The number of piperidine rings is 1. The van der Waals surface area contributed by atoms with Crippen LogP contribution in [0, 0.1) is 5.92 Å². The molecule has 0 spiro atoms. The number of urea groups is 1. The third kappa shape index (κ3) is 4.88. The van der Waals surface area contributed by atoms with E-state index in [4.69, 9.17) is 27.9 Å². The number of amides is 2. The molecule has 154 valence electrons.